The molecule has 1 heterocycles. The number of nitrogens with one attached hydrogen (secondary N) is 2. The van der Waals surface area contributed by atoms with Gasteiger partial charge in [-0.3, -0.25) is 9.89 Å². The average Bonchev–Trinajstić information content (AvgIpc) is 2.52. The zero-order chi connectivity index (χ0) is 15.3. The molecule has 2 N–H and O–H groups in total. The Balaban J connectivity index is 0.00000441. The molecule has 1 atom stereocenters. The van der Waals surface area contributed by atoms with Crippen LogP contribution < -0.4 is 10.6 Å². The van der Waals surface area contributed by atoms with E-state index in [2.05, 4.69) is 29.4 Å². The molecule has 22 heavy (non-hydrogen) atoms. The first-order valence-electron chi connectivity index (χ1n) is 8.65. The highest BCUT2D eigenvalue weighted by Gasteiger charge is 2.20. The fourth-order valence-corrected chi connectivity index (χ4v) is 2.75. The number of hydrogen-bond acceptors (Lipinski definition) is 3. The first kappa shape index (κ1) is 21.9. The predicted octanol–water partition coefficient (Wildman–Crippen LogP) is 2.46. The number of guanidine groups is 1. The zero-order valence-corrected chi connectivity index (χ0v) is 16.9. The highest BCUT2D eigenvalue weighted by Crippen LogP contribution is 2.16. The molecule has 0 spiro atoms. The first-order chi connectivity index (χ1) is 10.3. The lowest BCUT2D eigenvalue weighted by Crippen LogP contribution is -2.43. The summed E-state index contributed by atoms with van der Waals surface area (Å²) in [7, 11) is 0. The minimum absolute atomic E-state index is 0. The van der Waals surface area contributed by atoms with Crippen molar-refractivity contribution >= 4 is 29.9 Å². The molecule has 6 heteroatoms. The maximum Gasteiger partial charge on any atom is 0.191 e. The van der Waals surface area contributed by atoms with Crippen LogP contribution in [0.5, 0.6) is 0 Å². The molecule has 1 fully saturated rings. The summed E-state index contributed by atoms with van der Waals surface area (Å²) in [5, 5.41) is 6.72. The van der Waals surface area contributed by atoms with Crippen molar-refractivity contribution < 1.29 is 4.74 Å². The van der Waals surface area contributed by atoms with Gasteiger partial charge in [0.05, 0.1) is 6.54 Å². The Kier molecular flexibility index (Phi) is 14.5. The summed E-state index contributed by atoms with van der Waals surface area (Å²) in [5.74, 6) is 0.940. The summed E-state index contributed by atoms with van der Waals surface area (Å²) >= 11 is 0. The molecule has 1 aliphatic rings. The molecular weight excluding hydrogens is 391 g/mol. The molecule has 0 radical (unpaired) electrons. The molecule has 0 aromatic carbocycles. The van der Waals surface area contributed by atoms with Crippen LogP contribution in [0.25, 0.3) is 0 Å². The molecule has 0 aromatic rings. The van der Waals surface area contributed by atoms with Crippen LogP contribution in [-0.2, 0) is 4.74 Å². The minimum atomic E-state index is 0. The van der Waals surface area contributed by atoms with Gasteiger partial charge in [0.25, 0.3) is 0 Å². The predicted molar refractivity (Wildman–Crippen MR) is 105 cm³/mol. The van der Waals surface area contributed by atoms with Crippen LogP contribution in [0, 0.1) is 0 Å². The van der Waals surface area contributed by atoms with Gasteiger partial charge < -0.3 is 15.4 Å². The Bertz CT molecular complexity index is 289. The number of hydrogen-bond donors (Lipinski definition) is 2. The quantitative estimate of drug-likeness (QED) is 0.258. The van der Waals surface area contributed by atoms with Crippen LogP contribution in [0.1, 0.15) is 46.5 Å². The van der Waals surface area contributed by atoms with E-state index >= 15 is 0 Å². The van der Waals surface area contributed by atoms with Crippen LogP contribution in [0.15, 0.2) is 4.99 Å². The molecule has 1 saturated heterocycles. The average molecular weight is 426 g/mol. The maximum atomic E-state index is 5.35. The Hall–Kier alpha value is -0.0800. The topological polar surface area (TPSA) is 48.9 Å². The van der Waals surface area contributed by atoms with Crippen LogP contribution >= 0.6 is 24.0 Å². The highest BCUT2D eigenvalue weighted by molar-refractivity contribution is 14.0. The second-order valence-corrected chi connectivity index (χ2v) is 5.48. The van der Waals surface area contributed by atoms with Crippen LogP contribution in [0.4, 0.5) is 0 Å². The van der Waals surface area contributed by atoms with E-state index in [1.807, 2.05) is 6.92 Å². The Labute approximate surface area is 153 Å². The van der Waals surface area contributed by atoms with Gasteiger partial charge in [-0.1, -0.05) is 13.3 Å². The number of aliphatic imine (C=N–C) groups is 1. The van der Waals surface area contributed by atoms with Gasteiger partial charge in [0.15, 0.2) is 5.96 Å². The van der Waals surface area contributed by atoms with Crippen molar-refractivity contribution in [2.24, 2.45) is 4.99 Å². The van der Waals surface area contributed by atoms with Crippen molar-refractivity contribution in [2.45, 2.75) is 52.5 Å². The summed E-state index contributed by atoms with van der Waals surface area (Å²) < 4.78 is 5.35. The third-order valence-electron chi connectivity index (χ3n) is 3.92. The first-order valence-corrected chi connectivity index (χ1v) is 8.65. The van der Waals surface area contributed by atoms with Gasteiger partial charge in [0, 0.05) is 32.3 Å². The molecule has 5 nitrogen and oxygen atoms in total. The van der Waals surface area contributed by atoms with Crippen LogP contribution in [-0.4, -0.2) is 62.8 Å². The smallest absolute Gasteiger partial charge is 0.191 e. The van der Waals surface area contributed by atoms with E-state index < -0.39 is 0 Å². The van der Waals surface area contributed by atoms with E-state index in [4.69, 9.17) is 9.73 Å². The van der Waals surface area contributed by atoms with E-state index in [-0.39, 0.29) is 24.0 Å². The normalized spacial score (nSPS) is 19.6. The number of likely N-dealkylation sites (tertiary alicyclic amines) is 1. The third kappa shape index (κ3) is 9.15. The summed E-state index contributed by atoms with van der Waals surface area (Å²) in [6.45, 7) is 13.1. The molecule has 0 aliphatic carbocycles. The molecule has 1 rings (SSSR count). The monoisotopic (exact) mass is 426 g/mol. The number of ether oxygens (including phenoxy) is 1. The van der Waals surface area contributed by atoms with Gasteiger partial charge in [-0.25, -0.2) is 0 Å². The Morgan fingerprint density at radius 1 is 1.23 bits per heavy atom. The molecule has 0 aromatic heterocycles. The largest absolute Gasteiger partial charge is 0.382 e. The number of likely N-dealkylation sites (N-methyl/N-ethyl adjacent to an activating group) is 1. The van der Waals surface area contributed by atoms with Crippen LogP contribution in [0.2, 0.25) is 0 Å². The van der Waals surface area contributed by atoms with Gasteiger partial charge in [-0.2, -0.15) is 0 Å². The Morgan fingerprint density at radius 2 is 2.05 bits per heavy atom. The zero-order valence-electron chi connectivity index (χ0n) is 14.6. The number of piperidine rings is 1. The van der Waals surface area contributed by atoms with Gasteiger partial charge in [-0.05, 0) is 46.2 Å². The molecule has 132 valence electrons. The molecule has 1 aliphatic heterocycles. The van der Waals surface area contributed by atoms with Crippen molar-refractivity contribution in [2.75, 3.05) is 45.9 Å². The fourth-order valence-electron chi connectivity index (χ4n) is 2.75. The van der Waals surface area contributed by atoms with E-state index in [1.165, 1.54) is 25.8 Å². The SMILES string of the molecule is CCNC(=NCC1CCCCN1CC)NCCCOCC.I. The number of halogens is 1. The number of nitrogens with zero attached hydrogens (tertiary/aromatic N) is 2. The molecule has 0 saturated carbocycles. The fraction of sp³-hybridized carbons (Fsp3) is 0.938. The van der Waals surface area contributed by atoms with E-state index in [0.717, 1.165) is 51.8 Å². The molecule has 0 bridgehead atoms. The minimum Gasteiger partial charge on any atom is -0.382 e. The summed E-state index contributed by atoms with van der Waals surface area (Å²) in [4.78, 5) is 7.33. The third-order valence-corrected chi connectivity index (χ3v) is 3.92. The van der Waals surface area contributed by atoms with E-state index in [1.54, 1.807) is 0 Å². The van der Waals surface area contributed by atoms with Crippen molar-refractivity contribution in [3.63, 3.8) is 0 Å². The summed E-state index contributed by atoms with van der Waals surface area (Å²) in [6.07, 6.45) is 4.97. The summed E-state index contributed by atoms with van der Waals surface area (Å²) in [5.41, 5.74) is 0. The van der Waals surface area contributed by atoms with Gasteiger partial charge in [0.2, 0.25) is 0 Å². The van der Waals surface area contributed by atoms with Crippen molar-refractivity contribution in [1.29, 1.82) is 0 Å². The standard InChI is InChI=1S/C16H34N4O.HI/c1-4-17-16(18-11-9-13-21-6-3)19-14-15-10-7-8-12-20(15)5-2;/h15H,4-14H2,1-3H3,(H2,17,18,19);1H. The van der Waals surface area contributed by atoms with Gasteiger partial charge in [-0.15, -0.1) is 24.0 Å². The lowest BCUT2D eigenvalue weighted by Gasteiger charge is -2.33. The van der Waals surface area contributed by atoms with E-state index in [9.17, 15) is 0 Å². The van der Waals surface area contributed by atoms with E-state index in [0.29, 0.717) is 6.04 Å². The molecule has 1 unspecified atom stereocenters. The van der Waals surface area contributed by atoms with Crippen molar-refractivity contribution in [3.05, 3.63) is 0 Å². The van der Waals surface area contributed by atoms with Gasteiger partial charge in [0.1, 0.15) is 0 Å². The maximum absolute atomic E-state index is 5.35. The van der Waals surface area contributed by atoms with Crippen LogP contribution in [0.3, 0.4) is 0 Å². The van der Waals surface area contributed by atoms with Gasteiger partial charge >= 0.3 is 0 Å². The Morgan fingerprint density at radius 3 is 2.73 bits per heavy atom. The summed E-state index contributed by atoms with van der Waals surface area (Å²) in [6, 6.07) is 0.614. The molecular formula is C16H35IN4O. The second kappa shape index (κ2) is 14.5. The molecule has 0 amide bonds. The van der Waals surface area contributed by atoms with Crippen molar-refractivity contribution in [3.8, 4) is 0 Å². The number of rotatable bonds is 9. The highest BCUT2D eigenvalue weighted by atomic mass is 127. The lowest BCUT2D eigenvalue weighted by atomic mass is 10.0. The lowest BCUT2D eigenvalue weighted by molar-refractivity contribution is 0.145. The second-order valence-electron chi connectivity index (χ2n) is 5.48. The van der Waals surface area contributed by atoms with Crippen molar-refractivity contribution in [1.82, 2.24) is 15.5 Å².